The van der Waals surface area contributed by atoms with E-state index in [9.17, 15) is 4.79 Å². The van der Waals surface area contributed by atoms with Crippen LogP contribution in [0.1, 0.15) is 40.2 Å². The second-order valence-corrected chi connectivity index (χ2v) is 8.81. The number of aromatic nitrogens is 2. The molecule has 7 nitrogen and oxygen atoms in total. The molecular weight excluding hydrogens is 368 g/mol. The lowest BCUT2D eigenvalue weighted by molar-refractivity contribution is 0.0303. The van der Waals surface area contributed by atoms with E-state index in [4.69, 9.17) is 9.47 Å². The summed E-state index contributed by atoms with van der Waals surface area (Å²) in [4.78, 5) is 16.2. The molecule has 0 spiro atoms. The number of ether oxygens (including phenoxy) is 2. The lowest BCUT2D eigenvalue weighted by Crippen LogP contribution is -2.40. The first-order valence-corrected chi connectivity index (χ1v) is 10.1. The summed E-state index contributed by atoms with van der Waals surface area (Å²) >= 11 is 0. The van der Waals surface area contributed by atoms with Crippen molar-refractivity contribution in [2.45, 2.75) is 52.9 Å². The minimum absolute atomic E-state index is 0.107. The second-order valence-electron chi connectivity index (χ2n) is 8.81. The zero-order valence-corrected chi connectivity index (χ0v) is 18.5. The molecule has 0 radical (unpaired) electrons. The molecule has 2 aromatic rings. The molecule has 0 aliphatic carbocycles. The fourth-order valence-corrected chi connectivity index (χ4v) is 3.46. The molecule has 0 atom stereocenters. The molecule has 1 amide bonds. The molecule has 1 aromatic heterocycles. The number of carbonyl (C=O) groups excluding carboxylic acids is 1. The quantitative estimate of drug-likeness (QED) is 0.757. The Morgan fingerprint density at radius 2 is 2.03 bits per heavy atom. The smallest absolute Gasteiger partial charge is 0.410 e. The van der Waals surface area contributed by atoms with Gasteiger partial charge in [-0.1, -0.05) is 0 Å². The van der Waals surface area contributed by atoms with Crippen molar-refractivity contribution in [3.63, 3.8) is 0 Å². The predicted molar refractivity (Wildman–Crippen MR) is 114 cm³/mol. The molecule has 0 unspecified atom stereocenters. The van der Waals surface area contributed by atoms with Crippen LogP contribution in [-0.4, -0.2) is 52.6 Å². The van der Waals surface area contributed by atoms with Crippen LogP contribution in [0, 0.1) is 0 Å². The van der Waals surface area contributed by atoms with Crippen LogP contribution >= 0.6 is 0 Å². The number of likely N-dealkylation sites (N-methyl/N-ethyl adjacent to an activating group) is 1. The number of nitrogens with zero attached hydrogens (tertiary/aromatic N) is 4. The fraction of sp³-hybridized carbons (Fsp3) is 0.545. The number of hydrogen-bond donors (Lipinski definition) is 0. The third-order valence-electron chi connectivity index (χ3n) is 4.72. The molecule has 2 heterocycles. The highest BCUT2D eigenvalue weighted by atomic mass is 16.6. The summed E-state index contributed by atoms with van der Waals surface area (Å²) < 4.78 is 13.3. The summed E-state index contributed by atoms with van der Waals surface area (Å²) in [6.07, 6.45) is 1.71. The Balaban J connectivity index is 1.82. The van der Waals surface area contributed by atoms with E-state index in [1.807, 2.05) is 58.6 Å². The summed E-state index contributed by atoms with van der Waals surface area (Å²) in [6.45, 7) is 11.6. The van der Waals surface area contributed by atoms with Gasteiger partial charge in [0, 0.05) is 50.9 Å². The number of benzene rings is 1. The van der Waals surface area contributed by atoms with Crippen LogP contribution in [0.5, 0.6) is 5.75 Å². The maximum absolute atomic E-state index is 12.3. The summed E-state index contributed by atoms with van der Waals surface area (Å²) in [6, 6.07) is 6.18. The number of aryl methyl sites for hydroxylation is 1. The van der Waals surface area contributed by atoms with Gasteiger partial charge in [-0.15, -0.1) is 0 Å². The number of rotatable bonds is 5. The van der Waals surface area contributed by atoms with Crippen LogP contribution in [-0.2, 0) is 18.3 Å². The van der Waals surface area contributed by atoms with Crippen LogP contribution < -0.4 is 9.64 Å². The van der Waals surface area contributed by atoms with E-state index < -0.39 is 5.60 Å². The normalized spacial score (nSPS) is 13.2. The predicted octanol–water partition coefficient (Wildman–Crippen LogP) is 4.06. The average molecular weight is 401 g/mol. The van der Waals surface area contributed by atoms with Gasteiger partial charge in [-0.05, 0) is 46.8 Å². The van der Waals surface area contributed by atoms with Crippen molar-refractivity contribution < 1.29 is 14.3 Å². The highest BCUT2D eigenvalue weighted by Gasteiger charge is 2.27. The zero-order chi connectivity index (χ0) is 21.3. The SMILES string of the molecule is CC(C)Oc1ccc2c(c1)N(CCN(C)C(=O)OC(C)(C)C)Cc1cnn(C)c1-2. The molecule has 158 valence electrons. The van der Waals surface area contributed by atoms with E-state index in [1.165, 1.54) is 5.56 Å². The van der Waals surface area contributed by atoms with E-state index in [1.54, 1.807) is 11.9 Å². The monoisotopic (exact) mass is 400 g/mol. The van der Waals surface area contributed by atoms with Crippen molar-refractivity contribution in [3.05, 3.63) is 30.0 Å². The van der Waals surface area contributed by atoms with Crippen LogP contribution in [0.2, 0.25) is 0 Å². The average Bonchev–Trinajstić information content (AvgIpc) is 2.98. The molecule has 0 saturated heterocycles. The van der Waals surface area contributed by atoms with E-state index in [2.05, 4.69) is 22.1 Å². The van der Waals surface area contributed by atoms with Gasteiger partial charge in [0.05, 0.1) is 23.7 Å². The van der Waals surface area contributed by atoms with E-state index in [0.717, 1.165) is 29.2 Å². The molecule has 29 heavy (non-hydrogen) atoms. The Labute approximate surface area is 173 Å². The van der Waals surface area contributed by atoms with Gasteiger partial charge in [-0.3, -0.25) is 4.68 Å². The number of hydrogen-bond acceptors (Lipinski definition) is 5. The fourth-order valence-electron chi connectivity index (χ4n) is 3.46. The largest absolute Gasteiger partial charge is 0.491 e. The van der Waals surface area contributed by atoms with Gasteiger partial charge in [0.1, 0.15) is 11.4 Å². The van der Waals surface area contributed by atoms with Gasteiger partial charge in [0.25, 0.3) is 0 Å². The number of anilines is 1. The van der Waals surface area contributed by atoms with Crippen molar-refractivity contribution in [1.82, 2.24) is 14.7 Å². The number of carbonyl (C=O) groups is 1. The zero-order valence-electron chi connectivity index (χ0n) is 18.5. The minimum atomic E-state index is -0.503. The summed E-state index contributed by atoms with van der Waals surface area (Å²) in [5.41, 5.74) is 4.03. The topological polar surface area (TPSA) is 59.8 Å². The molecule has 0 fully saturated rings. The van der Waals surface area contributed by atoms with Crippen LogP contribution in [0.15, 0.2) is 24.4 Å². The third-order valence-corrected chi connectivity index (χ3v) is 4.72. The summed E-state index contributed by atoms with van der Waals surface area (Å²) in [5.74, 6) is 0.842. The van der Waals surface area contributed by atoms with E-state index >= 15 is 0 Å². The second kappa shape index (κ2) is 7.97. The maximum Gasteiger partial charge on any atom is 0.410 e. The summed E-state index contributed by atoms with van der Waals surface area (Å²) in [7, 11) is 3.74. The third kappa shape index (κ3) is 4.83. The van der Waals surface area contributed by atoms with Crippen molar-refractivity contribution in [2.24, 2.45) is 7.05 Å². The lowest BCUT2D eigenvalue weighted by atomic mass is 9.99. The first-order chi connectivity index (χ1) is 13.5. The first kappa shape index (κ1) is 21.0. The van der Waals surface area contributed by atoms with Gasteiger partial charge in [-0.2, -0.15) is 5.10 Å². The molecule has 1 aromatic carbocycles. The maximum atomic E-state index is 12.3. The van der Waals surface area contributed by atoms with Gasteiger partial charge >= 0.3 is 6.09 Å². The van der Waals surface area contributed by atoms with Gasteiger partial charge in [0.15, 0.2) is 0 Å². The van der Waals surface area contributed by atoms with Crippen LogP contribution in [0.25, 0.3) is 11.3 Å². The number of fused-ring (bicyclic) bond motifs is 3. The van der Waals surface area contributed by atoms with Crippen molar-refractivity contribution in [2.75, 3.05) is 25.0 Å². The Morgan fingerprint density at radius 3 is 2.69 bits per heavy atom. The Kier molecular flexibility index (Phi) is 5.78. The molecule has 1 aliphatic rings. The van der Waals surface area contributed by atoms with Crippen molar-refractivity contribution >= 4 is 11.8 Å². The Bertz CT molecular complexity index is 883. The van der Waals surface area contributed by atoms with Gasteiger partial charge in [-0.25, -0.2) is 4.79 Å². The molecule has 0 N–H and O–H groups in total. The molecule has 3 rings (SSSR count). The number of amides is 1. The Morgan fingerprint density at radius 1 is 1.31 bits per heavy atom. The lowest BCUT2D eigenvalue weighted by Gasteiger charge is -2.33. The standard InChI is InChI=1S/C22H32N4O3/c1-15(2)28-17-8-9-18-19(12-17)26(14-16-13-23-25(7)20(16)18)11-10-24(6)21(27)29-22(3,4)5/h8-9,12-13,15H,10-11,14H2,1-7H3. The Hall–Kier alpha value is -2.70. The summed E-state index contributed by atoms with van der Waals surface area (Å²) in [5, 5.41) is 4.44. The molecule has 7 heteroatoms. The highest BCUT2D eigenvalue weighted by molar-refractivity contribution is 5.82. The highest BCUT2D eigenvalue weighted by Crippen LogP contribution is 2.40. The van der Waals surface area contributed by atoms with E-state index in [0.29, 0.717) is 13.1 Å². The van der Waals surface area contributed by atoms with E-state index in [-0.39, 0.29) is 12.2 Å². The molecule has 0 bridgehead atoms. The first-order valence-electron chi connectivity index (χ1n) is 10.1. The van der Waals surface area contributed by atoms with Gasteiger partial charge in [0.2, 0.25) is 0 Å². The van der Waals surface area contributed by atoms with Gasteiger partial charge < -0.3 is 19.3 Å². The van der Waals surface area contributed by atoms with Crippen LogP contribution in [0.3, 0.4) is 0 Å². The van der Waals surface area contributed by atoms with Crippen LogP contribution in [0.4, 0.5) is 10.5 Å². The van der Waals surface area contributed by atoms with Crippen molar-refractivity contribution in [1.29, 1.82) is 0 Å². The van der Waals surface area contributed by atoms with Crippen molar-refractivity contribution in [3.8, 4) is 17.0 Å². The molecule has 0 saturated carbocycles. The minimum Gasteiger partial charge on any atom is -0.491 e. The molecule has 1 aliphatic heterocycles. The molecular formula is C22H32N4O3.